The zero-order valence-corrected chi connectivity index (χ0v) is 27.9. The van der Waals surface area contributed by atoms with E-state index in [0.717, 1.165) is 52.7 Å². The highest BCUT2D eigenvalue weighted by Gasteiger charge is 2.78. The predicted octanol–water partition coefficient (Wildman–Crippen LogP) is 8.94. The Bertz CT molecular complexity index is 1330. The van der Waals surface area contributed by atoms with E-state index in [9.17, 15) is 4.79 Å². The topological polar surface area (TPSA) is 35.1 Å². The molecule has 1 spiro atoms. The molecule has 1 heterocycles. The molecule has 0 radical (unpaired) electrons. The molecule has 5 fully saturated rings. The lowest BCUT2D eigenvalue weighted by atomic mass is 9.44. The van der Waals surface area contributed by atoms with Crippen LogP contribution in [0.1, 0.15) is 122 Å². The second-order valence-corrected chi connectivity index (χ2v) is 16.7. The van der Waals surface area contributed by atoms with Gasteiger partial charge < -0.3 is 4.74 Å². The largest absolute Gasteiger partial charge is 0.497 e. The molecule has 7 rings (SSSR count). The molecule has 0 unspecified atom stereocenters. The van der Waals surface area contributed by atoms with E-state index in [4.69, 9.17) is 4.74 Å². The van der Waals surface area contributed by atoms with Crippen LogP contribution < -0.4 is 9.30 Å². The number of rotatable bonds is 10. The molecule has 0 amide bonds. The number of methoxy groups -OCH3 is 1. The van der Waals surface area contributed by atoms with Crippen molar-refractivity contribution in [2.24, 2.45) is 57.7 Å². The van der Waals surface area contributed by atoms with E-state index in [-0.39, 0.29) is 5.78 Å². The number of hydrogen-bond donors (Lipinski definition) is 0. The number of fused-ring (bicyclic) bond motifs is 4. The lowest BCUT2D eigenvalue weighted by molar-refractivity contribution is -0.682. The highest BCUT2D eigenvalue weighted by Crippen LogP contribution is 2.84. The van der Waals surface area contributed by atoms with Crippen LogP contribution in [0.15, 0.2) is 43.0 Å². The molecule has 0 saturated heterocycles. The number of hydrogen-bond acceptors (Lipinski definition) is 2. The van der Waals surface area contributed by atoms with Crippen molar-refractivity contribution < 1.29 is 14.1 Å². The highest BCUT2D eigenvalue weighted by molar-refractivity contribution is 5.95. The van der Waals surface area contributed by atoms with Gasteiger partial charge in [0.15, 0.2) is 6.54 Å². The number of benzene rings is 1. The summed E-state index contributed by atoms with van der Waals surface area (Å²) >= 11 is 0. The summed E-state index contributed by atoms with van der Waals surface area (Å²) in [4.78, 5) is 13.2. The van der Waals surface area contributed by atoms with Crippen LogP contribution in [0.4, 0.5) is 0 Å². The molecule has 4 heteroatoms. The second-order valence-electron chi connectivity index (χ2n) is 16.7. The number of carbonyl (C=O) groups is 1. The maximum absolute atomic E-state index is 13.2. The number of carbonyl (C=O) groups excluding carboxylic acids is 1. The van der Waals surface area contributed by atoms with Crippen molar-refractivity contribution in [3.8, 4) is 5.75 Å². The zero-order chi connectivity index (χ0) is 30.1. The monoisotopic (exact) mass is 585 g/mol. The first-order valence-corrected chi connectivity index (χ1v) is 17.8. The Hall–Kier alpha value is -2.10. The molecule has 0 bridgehead atoms. The average molecular weight is 586 g/mol. The summed E-state index contributed by atoms with van der Waals surface area (Å²) < 4.78 is 10.00. The third-order valence-electron chi connectivity index (χ3n) is 14.6. The molecule has 4 nitrogen and oxygen atoms in total. The predicted molar refractivity (Wildman–Crippen MR) is 172 cm³/mol. The minimum atomic E-state index is 0.157. The third-order valence-corrected chi connectivity index (χ3v) is 14.6. The van der Waals surface area contributed by atoms with Gasteiger partial charge in [0, 0.05) is 11.0 Å². The molecule has 0 aliphatic heterocycles. The number of aromatic nitrogens is 2. The molecule has 43 heavy (non-hydrogen) atoms. The van der Waals surface area contributed by atoms with Gasteiger partial charge in [-0.3, -0.25) is 4.79 Å². The fourth-order valence-corrected chi connectivity index (χ4v) is 12.4. The van der Waals surface area contributed by atoms with Crippen LogP contribution in [-0.2, 0) is 6.54 Å². The van der Waals surface area contributed by atoms with Crippen molar-refractivity contribution in [2.75, 3.05) is 7.11 Å². The van der Waals surface area contributed by atoms with E-state index in [2.05, 4.69) is 62.5 Å². The molecule has 5 aliphatic carbocycles. The number of Topliss-reactive ketones (excluding diaryl/α,β-unsaturated/α-hetero) is 1. The van der Waals surface area contributed by atoms with Crippen molar-refractivity contribution in [1.82, 2.24) is 4.57 Å². The van der Waals surface area contributed by atoms with Crippen molar-refractivity contribution in [2.45, 2.75) is 118 Å². The van der Waals surface area contributed by atoms with Crippen molar-refractivity contribution in [3.63, 3.8) is 0 Å². The minimum Gasteiger partial charge on any atom is -0.497 e. The summed E-state index contributed by atoms with van der Waals surface area (Å²) in [5.41, 5.74) is 2.22. The van der Waals surface area contributed by atoms with Crippen LogP contribution >= 0.6 is 0 Å². The zero-order valence-electron chi connectivity index (χ0n) is 27.9. The van der Waals surface area contributed by atoms with Crippen molar-refractivity contribution >= 4 is 5.78 Å². The smallest absolute Gasteiger partial charge is 0.244 e. The third kappa shape index (κ3) is 4.58. The minimum absolute atomic E-state index is 0.157. The lowest BCUT2D eigenvalue weighted by Gasteiger charge is -2.60. The Kier molecular flexibility index (Phi) is 7.41. The van der Waals surface area contributed by atoms with Gasteiger partial charge in [0.2, 0.25) is 12.1 Å². The van der Waals surface area contributed by atoms with Crippen LogP contribution in [0.2, 0.25) is 0 Å². The maximum Gasteiger partial charge on any atom is 0.244 e. The molecule has 2 aromatic rings. The molecule has 0 N–H and O–H groups in total. The van der Waals surface area contributed by atoms with Gasteiger partial charge in [0.1, 0.15) is 24.2 Å². The Balaban J connectivity index is 1.12. The first-order valence-electron chi connectivity index (χ1n) is 17.8. The summed E-state index contributed by atoms with van der Waals surface area (Å²) in [5.74, 6) is 7.09. The van der Waals surface area contributed by atoms with E-state index in [1.807, 2.05) is 24.3 Å². The number of ether oxygens (including phenoxy) is 1. The molecule has 1 aromatic heterocycles. The van der Waals surface area contributed by atoms with E-state index in [1.54, 1.807) is 7.11 Å². The fourth-order valence-electron chi connectivity index (χ4n) is 12.4. The first-order chi connectivity index (χ1) is 20.6. The van der Waals surface area contributed by atoms with Crippen LogP contribution in [-0.4, -0.2) is 17.5 Å². The summed E-state index contributed by atoms with van der Waals surface area (Å²) in [5, 5.41) is 0. The van der Waals surface area contributed by atoms with E-state index in [0.29, 0.717) is 28.8 Å². The van der Waals surface area contributed by atoms with Crippen LogP contribution in [0.25, 0.3) is 0 Å². The van der Waals surface area contributed by atoms with Gasteiger partial charge in [-0.2, -0.15) is 0 Å². The van der Waals surface area contributed by atoms with Gasteiger partial charge in [-0.05, 0) is 128 Å². The number of nitrogens with zero attached hydrogens (tertiary/aromatic N) is 2. The average Bonchev–Trinajstić information content (AvgIpc) is 3.22. The number of ketones is 1. The van der Waals surface area contributed by atoms with Crippen molar-refractivity contribution in [1.29, 1.82) is 0 Å². The number of imidazole rings is 1. The van der Waals surface area contributed by atoms with Crippen LogP contribution in [0.5, 0.6) is 5.75 Å². The van der Waals surface area contributed by atoms with E-state index >= 15 is 0 Å². The van der Waals surface area contributed by atoms with Gasteiger partial charge in [0.05, 0.1) is 7.11 Å². The Labute approximate surface area is 261 Å². The molecular formula is C39H57N2O2+. The Morgan fingerprint density at radius 1 is 1.02 bits per heavy atom. The first kappa shape index (κ1) is 29.6. The van der Waals surface area contributed by atoms with Gasteiger partial charge in [-0.25, -0.2) is 9.13 Å². The van der Waals surface area contributed by atoms with Crippen molar-refractivity contribution in [3.05, 3.63) is 48.5 Å². The maximum atomic E-state index is 13.2. The fraction of sp³-hybridized carbons (Fsp3) is 0.744. The summed E-state index contributed by atoms with van der Waals surface area (Å²) in [7, 11) is 1.66. The summed E-state index contributed by atoms with van der Waals surface area (Å²) in [6.45, 7) is 13.2. The van der Waals surface area contributed by atoms with Gasteiger partial charge >= 0.3 is 0 Å². The quantitative estimate of drug-likeness (QED) is 0.206. The SMILES string of the molecule is COc1ccc(C(=O)C[n+]2ccn([C@H]3C[C@H]4[C@@H]5CC[C@H]([C@H](C)CCCC(C)C)[C@@]5(C)CC[C@@H]4[C@@]4(C)CC[C@@H]5C[C@]534)c2)cc1. The molecule has 5 aliphatic rings. The molecule has 5 saturated carbocycles. The molecule has 234 valence electrons. The normalized spacial score (nSPS) is 40.0. The second kappa shape index (κ2) is 10.8. The highest BCUT2D eigenvalue weighted by atomic mass is 16.5. The molecular weight excluding hydrogens is 528 g/mol. The van der Waals surface area contributed by atoms with Gasteiger partial charge in [-0.15, -0.1) is 0 Å². The summed E-state index contributed by atoms with van der Waals surface area (Å²) in [6.07, 6.45) is 22.5. The lowest BCUT2D eigenvalue weighted by Crippen LogP contribution is -2.55. The van der Waals surface area contributed by atoms with Gasteiger partial charge in [-0.1, -0.05) is 53.9 Å². The van der Waals surface area contributed by atoms with E-state index < -0.39 is 0 Å². The van der Waals surface area contributed by atoms with Gasteiger partial charge in [0.25, 0.3) is 0 Å². The van der Waals surface area contributed by atoms with E-state index in [1.165, 1.54) is 70.6 Å². The molecule has 10 atom stereocenters. The Morgan fingerprint density at radius 3 is 2.53 bits per heavy atom. The standard InChI is InChI=1S/C39H57N2O2/c1-26(2)8-7-9-27(3)32-14-15-33-31-22-36(39-23-29(39)16-19-38(39,5)34(31)17-18-37(32,33)4)41-21-20-40(25-41)24-35(42)28-10-12-30(43-6)13-11-28/h10-13,20-21,25-27,29,31-34,36H,7-9,14-19,22-24H2,1-6H3/q+1/t27-,29-,31+,32-,33+,34+,36+,37-,38-,39+/m1/s1. The Morgan fingerprint density at radius 2 is 1.81 bits per heavy atom. The van der Waals surface area contributed by atoms with Crippen LogP contribution in [0, 0.1) is 57.7 Å². The summed E-state index contributed by atoms with van der Waals surface area (Å²) in [6, 6.07) is 8.11. The molecule has 1 aromatic carbocycles. The van der Waals surface area contributed by atoms with Crippen LogP contribution in [0.3, 0.4) is 0 Å².